The molecule has 0 radical (unpaired) electrons. The highest BCUT2D eigenvalue weighted by atomic mass is 32.2. The Labute approximate surface area is 265 Å². The summed E-state index contributed by atoms with van der Waals surface area (Å²) in [5.41, 5.74) is 1.98. The number of amides is 3. The monoisotopic (exact) mass is 643 g/mol. The zero-order valence-corrected chi connectivity index (χ0v) is 25.6. The average Bonchev–Trinajstić information content (AvgIpc) is 3.44. The molecule has 3 amide bonds. The van der Waals surface area contributed by atoms with Gasteiger partial charge in [0.15, 0.2) is 16.4 Å². The number of hydrogen-bond acceptors (Lipinski definition) is 7. The minimum absolute atomic E-state index is 0.00861. The van der Waals surface area contributed by atoms with Gasteiger partial charge in [0.05, 0.1) is 23.0 Å². The molecule has 46 heavy (non-hydrogen) atoms. The van der Waals surface area contributed by atoms with Gasteiger partial charge in [-0.25, -0.2) is 12.8 Å². The summed E-state index contributed by atoms with van der Waals surface area (Å²) in [6.07, 6.45) is 0.343. The van der Waals surface area contributed by atoms with Crippen molar-refractivity contribution in [2.75, 3.05) is 26.0 Å². The average molecular weight is 644 g/mol. The molecule has 3 aliphatic rings. The molecule has 0 unspecified atom stereocenters. The van der Waals surface area contributed by atoms with Gasteiger partial charge in [-0.2, -0.15) is 0 Å². The number of hydrogen-bond donors (Lipinski definition) is 2. The Bertz CT molecular complexity index is 1930. The zero-order valence-electron chi connectivity index (χ0n) is 24.7. The highest BCUT2D eigenvalue weighted by Gasteiger charge is 2.39. The molecule has 2 N–H and O–H groups in total. The molecule has 0 aliphatic carbocycles. The van der Waals surface area contributed by atoms with Crippen molar-refractivity contribution >= 4 is 27.6 Å². The van der Waals surface area contributed by atoms with Gasteiger partial charge >= 0.3 is 0 Å². The fourth-order valence-corrected chi connectivity index (χ4v) is 6.06. The summed E-state index contributed by atoms with van der Waals surface area (Å²) in [5.74, 6) is -1.30. The second-order valence-corrected chi connectivity index (χ2v) is 13.2. The van der Waals surface area contributed by atoms with Gasteiger partial charge in [0.25, 0.3) is 17.7 Å². The van der Waals surface area contributed by atoms with Gasteiger partial charge < -0.3 is 25.0 Å². The molecule has 0 aromatic heterocycles. The van der Waals surface area contributed by atoms with Crippen molar-refractivity contribution in [2.45, 2.75) is 23.6 Å². The van der Waals surface area contributed by atoms with Crippen LogP contribution in [-0.2, 0) is 21.2 Å². The predicted octanol–water partition coefficient (Wildman–Crippen LogP) is 3.61. The van der Waals surface area contributed by atoms with Crippen LogP contribution in [0.4, 0.5) is 4.39 Å². The molecule has 10 nitrogen and oxygen atoms in total. The van der Waals surface area contributed by atoms with Crippen molar-refractivity contribution in [3.8, 4) is 22.6 Å². The van der Waals surface area contributed by atoms with Gasteiger partial charge in [-0.3, -0.25) is 14.4 Å². The van der Waals surface area contributed by atoms with E-state index in [9.17, 15) is 22.8 Å². The maximum Gasteiger partial charge on any atom is 0.258 e. The highest BCUT2D eigenvalue weighted by molar-refractivity contribution is 7.90. The molecule has 6 bridgehead atoms. The third-order valence-corrected chi connectivity index (χ3v) is 8.94. The number of halogens is 1. The summed E-state index contributed by atoms with van der Waals surface area (Å²) in [4.78, 5) is 41.0. The maximum absolute atomic E-state index is 15.1. The Hall–Kier alpha value is -5.23. The third kappa shape index (κ3) is 6.86. The standard InChI is InChI=1S/C34H30FN3O7S/c1-46(42,43)27-7-3-5-24(15-27)34(41)38-18-30-31(19-38)45-25-11-8-21(9-12-25)17-36-32(39)20-44-26-6-2-4-22(14-26)23-10-13-29(35)28(16-23)33(40)37-30/h2-16,30-31H,17-20H2,1H3,(H,36,39)(H,37,40)/t30-,31-/m0/s1. The highest BCUT2D eigenvalue weighted by Crippen LogP contribution is 2.27. The van der Waals surface area contributed by atoms with Crippen LogP contribution in [0.25, 0.3) is 11.1 Å². The van der Waals surface area contributed by atoms with Crippen LogP contribution in [0.1, 0.15) is 26.3 Å². The summed E-state index contributed by atoms with van der Waals surface area (Å²) in [6, 6.07) is 23.1. The summed E-state index contributed by atoms with van der Waals surface area (Å²) in [6.45, 7) is 0.152. The van der Waals surface area contributed by atoms with E-state index in [1.807, 2.05) is 0 Å². The third-order valence-electron chi connectivity index (χ3n) is 7.83. The molecule has 1 saturated heterocycles. The summed E-state index contributed by atoms with van der Waals surface area (Å²) in [5, 5.41) is 5.67. The molecular weight excluding hydrogens is 613 g/mol. The maximum atomic E-state index is 15.1. The first-order valence-electron chi connectivity index (χ1n) is 14.5. The number of nitrogens with zero attached hydrogens (tertiary/aromatic N) is 1. The zero-order chi connectivity index (χ0) is 32.4. The second-order valence-electron chi connectivity index (χ2n) is 11.2. The minimum atomic E-state index is -3.55. The molecule has 1 fully saturated rings. The number of rotatable bonds is 2. The van der Waals surface area contributed by atoms with Gasteiger partial charge in [-0.15, -0.1) is 0 Å². The van der Waals surface area contributed by atoms with E-state index in [1.54, 1.807) is 54.6 Å². The van der Waals surface area contributed by atoms with Crippen LogP contribution in [0.3, 0.4) is 0 Å². The van der Waals surface area contributed by atoms with E-state index in [1.165, 1.54) is 41.3 Å². The van der Waals surface area contributed by atoms with Crippen LogP contribution in [0.2, 0.25) is 0 Å². The molecule has 3 aliphatic heterocycles. The number of benzene rings is 4. The molecule has 3 heterocycles. The van der Waals surface area contributed by atoms with E-state index in [4.69, 9.17) is 9.47 Å². The summed E-state index contributed by atoms with van der Waals surface area (Å²) in [7, 11) is -3.55. The van der Waals surface area contributed by atoms with E-state index >= 15 is 4.39 Å². The van der Waals surface area contributed by atoms with Crippen molar-refractivity contribution in [2.24, 2.45) is 0 Å². The van der Waals surface area contributed by atoms with Gasteiger partial charge in [0.1, 0.15) is 23.4 Å². The molecule has 0 spiro atoms. The molecule has 0 saturated carbocycles. The Balaban J connectivity index is 1.33. The van der Waals surface area contributed by atoms with Crippen molar-refractivity contribution in [3.05, 3.63) is 114 Å². The van der Waals surface area contributed by atoms with E-state index < -0.39 is 39.6 Å². The van der Waals surface area contributed by atoms with Crippen molar-refractivity contribution < 1.29 is 36.7 Å². The summed E-state index contributed by atoms with van der Waals surface area (Å²) < 4.78 is 51.2. The lowest BCUT2D eigenvalue weighted by Crippen LogP contribution is -2.45. The van der Waals surface area contributed by atoms with Crippen LogP contribution >= 0.6 is 0 Å². The number of carbonyl (C=O) groups excluding carboxylic acids is 3. The molecule has 2 atom stereocenters. The number of ether oxygens (including phenoxy) is 2. The Morgan fingerprint density at radius 3 is 2.43 bits per heavy atom. The lowest BCUT2D eigenvalue weighted by atomic mass is 10.0. The van der Waals surface area contributed by atoms with Gasteiger partial charge in [-0.05, 0) is 71.3 Å². The van der Waals surface area contributed by atoms with E-state index in [2.05, 4.69) is 10.6 Å². The van der Waals surface area contributed by atoms with E-state index in [0.717, 1.165) is 11.8 Å². The largest absolute Gasteiger partial charge is 0.486 e. The molecule has 4 aromatic rings. The van der Waals surface area contributed by atoms with Crippen LogP contribution in [0, 0.1) is 5.82 Å². The topological polar surface area (TPSA) is 131 Å². The molecule has 12 heteroatoms. The summed E-state index contributed by atoms with van der Waals surface area (Å²) >= 11 is 0. The van der Waals surface area contributed by atoms with Crippen LogP contribution in [0.15, 0.2) is 95.9 Å². The first kappa shape index (κ1) is 30.8. The normalized spacial score (nSPS) is 18.4. The van der Waals surface area contributed by atoms with Gasteiger partial charge in [-0.1, -0.05) is 36.4 Å². The fraction of sp³-hybridized carbons (Fsp3) is 0.206. The number of nitrogens with one attached hydrogen (secondary N) is 2. The number of carbonyl (C=O) groups is 3. The van der Waals surface area contributed by atoms with Gasteiger partial charge in [0, 0.05) is 24.9 Å². The number of likely N-dealkylation sites (tertiary alicyclic amines) is 1. The number of sulfone groups is 1. The predicted molar refractivity (Wildman–Crippen MR) is 167 cm³/mol. The van der Waals surface area contributed by atoms with Crippen molar-refractivity contribution in [1.29, 1.82) is 0 Å². The Kier molecular flexibility index (Phi) is 8.46. The molecule has 7 rings (SSSR count). The molecule has 4 aromatic carbocycles. The fourth-order valence-electron chi connectivity index (χ4n) is 5.39. The number of fused-ring (bicyclic) bond motifs is 7. The lowest BCUT2D eigenvalue weighted by molar-refractivity contribution is -0.123. The van der Waals surface area contributed by atoms with Crippen LogP contribution < -0.4 is 20.1 Å². The molecule has 236 valence electrons. The first-order chi connectivity index (χ1) is 22.0. The van der Waals surface area contributed by atoms with Crippen molar-refractivity contribution in [3.63, 3.8) is 0 Å². The SMILES string of the molecule is CS(=O)(=O)c1cccc(C(=O)N2C[C@@H]3NC(=O)c4cc(ccc4F)-c4cccc(c4)OCC(=O)NCc4ccc(cc4)O[C@H]3C2)c1. The van der Waals surface area contributed by atoms with Crippen molar-refractivity contribution in [1.82, 2.24) is 15.5 Å². The lowest BCUT2D eigenvalue weighted by Gasteiger charge is -2.21. The minimum Gasteiger partial charge on any atom is -0.486 e. The smallest absolute Gasteiger partial charge is 0.258 e. The molecular formula is C34H30FN3O7S. The van der Waals surface area contributed by atoms with E-state index in [0.29, 0.717) is 22.6 Å². The Morgan fingerprint density at radius 1 is 0.891 bits per heavy atom. The quantitative estimate of drug-likeness (QED) is 0.341. The van der Waals surface area contributed by atoms with Gasteiger partial charge in [0.2, 0.25) is 0 Å². The van der Waals surface area contributed by atoms with Crippen LogP contribution in [0.5, 0.6) is 11.5 Å². The second kappa shape index (κ2) is 12.6. The Morgan fingerprint density at radius 2 is 1.65 bits per heavy atom. The first-order valence-corrected chi connectivity index (χ1v) is 16.4. The van der Waals surface area contributed by atoms with E-state index in [-0.39, 0.29) is 48.2 Å². The van der Waals surface area contributed by atoms with Crippen LogP contribution in [-0.4, -0.2) is 69.1 Å².